The van der Waals surface area contributed by atoms with Gasteiger partial charge in [0.15, 0.2) is 11.0 Å². The Balaban J connectivity index is 1.68. The molecule has 3 aromatic rings. The van der Waals surface area contributed by atoms with Crippen LogP contribution in [0.3, 0.4) is 0 Å². The minimum atomic E-state index is -0.602. The van der Waals surface area contributed by atoms with E-state index in [-0.39, 0.29) is 22.4 Å². The molecule has 9 nitrogen and oxygen atoms in total. The molecule has 0 aliphatic rings. The third-order valence-electron chi connectivity index (χ3n) is 3.69. The van der Waals surface area contributed by atoms with Gasteiger partial charge < -0.3 is 9.88 Å². The highest BCUT2D eigenvalue weighted by Crippen LogP contribution is 2.28. The summed E-state index contributed by atoms with van der Waals surface area (Å²) in [6.07, 6.45) is 1.68. The van der Waals surface area contributed by atoms with Crippen LogP contribution < -0.4 is 5.32 Å². The van der Waals surface area contributed by atoms with Crippen molar-refractivity contribution in [2.75, 3.05) is 11.1 Å². The predicted molar refractivity (Wildman–Crippen MR) is 106 cm³/mol. The van der Waals surface area contributed by atoms with E-state index >= 15 is 0 Å². The number of nitro benzene ring substituents is 1. The second-order valence-electron chi connectivity index (χ2n) is 5.53. The van der Waals surface area contributed by atoms with Crippen molar-refractivity contribution in [1.82, 2.24) is 19.7 Å². The van der Waals surface area contributed by atoms with Crippen molar-refractivity contribution >= 4 is 40.6 Å². The Labute approximate surface area is 169 Å². The molecule has 2 heterocycles. The van der Waals surface area contributed by atoms with Gasteiger partial charge in [-0.2, -0.15) is 0 Å². The molecule has 0 aliphatic carbocycles. The molecule has 1 amide bonds. The van der Waals surface area contributed by atoms with Crippen LogP contribution in [0.1, 0.15) is 6.92 Å². The van der Waals surface area contributed by atoms with Gasteiger partial charge in [-0.05, 0) is 31.2 Å². The smallest absolute Gasteiger partial charge is 0.289 e. The van der Waals surface area contributed by atoms with Crippen molar-refractivity contribution in [3.63, 3.8) is 0 Å². The summed E-state index contributed by atoms with van der Waals surface area (Å²) in [5.74, 6) is 0.363. The average Bonchev–Trinajstić information content (AvgIpc) is 3.11. The maximum Gasteiger partial charge on any atom is 0.289 e. The van der Waals surface area contributed by atoms with Gasteiger partial charge in [0, 0.05) is 24.5 Å². The van der Waals surface area contributed by atoms with Gasteiger partial charge in [0.1, 0.15) is 10.7 Å². The molecule has 0 fully saturated rings. The Hall–Kier alpha value is -2.98. The number of aromatic nitrogens is 4. The lowest BCUT2D eigenvalue weighted by molar-refractivity contribution is -0.384. The summed E-state index contributed by atoms with van der Waals surface area (Å²) < 4.78 is 1.87. The highest BCUT2D eigenvalue weighted by Gasteiger charge is 2.17. The van der Waals surface area contributed by atoms with E-state index in [4.69, 9.17) is 11.6 Å². The molecule has 2 aromatic heterocycles. The molecule has 1 N–H and O–H groups in total. The van der Waals surface area contributed by atoms with Crippen molar-refractivity contribution in [2.24, 2.45) is 0 Å². The number of thioether (sulfide) groups is 1. The molecular formula is C17H15ClN6O3S. The van der Waals surface area contributed by atoms with Gasteiger partial charge in [-0.3, -0.25) is 19.9 Å². The molecule has 0 saturated heterocycles. The fourth-order valence-electron chi connectivity index (χ4n) is 2.42. The first-order chi connectivity index (χ1) is 13.5. The monoisotopic (exact) mass is 418 g/mol. The summed E-state index contributed by atoms with van der Waals surface area (Å²) in [4.78, 5) is 26.8. The number of anilines is 1. The number of nitro groups is 1. The molecule has 0 aliphatic heterocycles. The molecule has 144 valence electrons. The Morgan fingerprint density at radius 1 is 1.32 bits per heavy atom. The molecule has 11 heteroatoms. The van der Waals surface area contributed by atoms with Crippen molar-refractivity contribution in [3.05, 3.63) is 57.7 Å². The third kappa shape index (κ3) is 4.46. The van der Waals surface area contributed by atoms with Crippen molar-refractivity contribution < 1.29 is 9.72 Å². The average molecular weight is 419 g/mol. The molecule has 0 atom stereocenters. The lowest BCUT2D eigenvalue weighted by Gasteiger charge is -2.07. The number of nitrogens with one attached hydrogen (secondary N) is 1. The van der Waals surface area contributed by atoms with Crippen LogP contribution in [0.4, 0.5) is 11.4 Å². The zero-order valence-electron chi connectivity index (χ0n) is 14.7. The summed E-state index contributed by atoms with van der Waals surface area (Å²) in [6.45, 7) is 2.57. The lowest BCUT2D eigenvalue weighted by Crippen LogP contribution is -2.14. The Bertz CT molecular complexity index is 1010. The standard InChI is InChI=1S/C17H15ClN6O3S/c1-2-23-16(13-5-3-4-8-19-13)21-22-17(23)28-10-15(25)20-11-6-7-12(18)14(9-11)24(26)27/h3-9H,2,10H2,1H3,(H,20,25). The number of nitrogens with zero attached hydrogens (tertiary/aromatic N) is 5. The SMILES string of the molecule is CCn1c(SCC(=O)Nc2ccc(Cl)c([N+](=O)[O-])c2)nnc1-c1ccccn1. The molecule has 0 bridgehead atoms. The van der Waals surface area contributed by atoms with Crippen LogP contribution in [0.5, 0.6) is 0 Å². The Morgan fingerprint density at radius 2 is 2.14 bits per heavy atom. The van der Waals surface area contributed by atoms with E-state index in [9.17, 15) is 14.9 Å². The number of hydrogen-bond donors (Lipinski definition) is 1. The van der Waals surface area contributed by atoms with Crippen molar-refractivity contribution in [1.29, 1.82) is 0 Å². The van der Waals surface area contributed by atoms with Crippen molar-refractivity contribution in [3.8, 4) is 11.5 Å². The van der Waals surface area contributed by atoms with Crippen LogP contribution >= 0.6 is 23.4 Å². The van der Waals surface area contributed by atoms with E-state index in [1.165, 1.54) is 30.0 Å². The second kappa shape index (κ2) is 8.81. The number of benzene rings is 1. The summed E-state index contributed by atoms with van der Waals surface area (Å²) >= 11 is 6.99. The van der Waals surface area contributed by atoms with Crippen LogP contribution in [-0.2, 0) is 11.3 Å². The lowest BCUT2D eigenvalue weighted by atomic mass is 10.3. The van der Waals surface area contributed by atoms with E-state index in [2.05, 4.69) is 20.5 Å². The van der Waals surface area contributed by atoms with Gasteiger partial charge in [-0.15, -0.1) is 10.2 Å². The zero-order chi connectivity index (χ0) is 20.1. The highest BCUT2D eigenvalue weighted by molar-refractivity contribution is 7.99. The van der Waals surface area contributed by atoms with Gasteiger partial charge >= 0.3 is 0 Å². The number of carbonyl (C=O) groups is 1. The van der Waals surface area contributed by atoms with Crippen LogP contribution in [0.15, 0.2) is 47.8 Å². The topological polar surface area (TPSA) is 116 Å². The predicted octanol–water partition coefficient (Wildman–Crippen LogP) is 3.65. The van der Waals surface area contributed by atoms with E-state index in [0.717, 1.165) is 0 Å². The van der Waals surface area contributed by atoms with Crippen LogP contribution in [-0.4, -0.2) is 36.3 Å². The normalized spacial score (nSPS) is 10.6. The van der Waals surface area contributed by atoms with E-state index < -0.39 is 4.92 Å². The minimum Gasteiger partial charge on any atom is -0.325 e. The number of hydrogen-bond acceptors (Lipinski definition) is 7. The van der Waals surface area contributed by atoms with Crippen LogP contribution in [0.25, 0.3) is 11.5 Å². The fourth-order valence-corrected chi connectivity index (χ4v) is 3.41. The van der Waals surface area contributed by atoms with Gasteiger partial charge in [-0.1, -0.05) is 29.4 Å². The van der Waals surface area contributed by atoms with E-state index in [1.807, 2.05) is 29.7 Å². The van der Waals surface area contributed by atoms with Crippen LogP contribution in [0, 0.1) is 10.1 Å². The maximum atomic E-state index is 12.2. The second-order valence-corrected chi connectivity index (χ2v) is 6.88. The van der Waals surface area contributed by atoms with Gasteiger partial charge in [0.25, 0.3) is 5.69 Å². The number of carbonyl (C=O) groups excluding carboxylic acids is 1. The summed E-state index contributed by atoms with van der Waals surface area (Å²) in [6, 6.07) is 9.62. The number of amides is 1. The highest BCUT2D eigenvalue weighted by atomic mass is 35.5. The summed E-state index contributed by atoms with van der Waals surface area (Å²) in [5.41, 5.74) is 0.729. The third-order valence-corrected chi connectivity index (χ3v) is 4.97. The first-order valence-electron chi connectivity index (χ1n) is 8.20. The first-order valence-corrected chi connectivity index (χ1v) is 9.57. The van der Waals surface area contributed by atoms with E-state index in [0.29, 0.717) is 28.9 Å². The Morgan fingerprint density at radius 3 is 2.82 bits per heavy atom. The molecule has 0 radical (unpaired) electrons. The first kappa shape index (κ1) is 19.8. The number of pyridine rings is 1. The zero-order valence-corrected chi connectivity index (χ0v) is 16.3. The van der Waals surface area contributed by atoms with Crippen LogP contribution in [0.2, 0.25) is 5.02 Å². The summed E-state index contributed by atoms with van der Waals surface area (Å²) in [7, 11) is 0. The van der Waals surface area contributed by atoms with Gasteiger partial charge in [0.2, 0.25) is 5.91 Å². The Kier molecular flexibility index (Phi) is 6.22. The molecule has 3 rings (SSSR count). The maximum absolute atomic E-state index is 12.2. The minimum absolute atomic E-state index is 0.00970. The summed E-state index contributed by atoms with van der Waals surface area (Å²) in [5, 5.41) is 22.5. The number of rotatable bonds is 7. The molecule has 1 aromatic carbocycles. The molecule has 0 saturated carbocycles. The van der Waals surface area contributed by atoms with E-state index in [1.54, 1.807) is 6.20 Å². The molecule has 0 spiro atoms. The van der Waals surface area contributed by atoms with Gasteiger partial charge in [0.05, 0.1) is 10.7 Å². The van der Waals surface area contributed by atoms with Crippen molar-refractivity contribution in [2.45, 2.75) is 18.6 Å². The fraction of sp³-hybridized carbons (Fsp3) is 0.176. The molecule has 0 unspecified atom stereocenters. The van der Waals surface area contributed by atoms with Gasteiger partial charge in [-0.25, -0.2) is 0 Å². The number of halogens is 1. The molecule has 28 heavy (non-hydrogen) atoms. The largest absolute Gasteiger partial charge is 0.325 e. The quantitative estimate of drug-likeness (QED) is 0.353. The molecular weight excluding hydrogens is 404 g/mol.